The molecule has 2 saturated carbocycles. The Kier molecular flexibility index (Phi) is 10.1. The van der Waals surface area contributed by atoms with Crippen LogP contribution in [0.1, 0.15) is 116 Å². The van der Waals surface area contributed by atoms with Crippen molar-refractivity contribution in [2.75, 3.05) is 0 Å². The summed E-state index contributed by atoms with van der Waals surface area (Å²) in [6.07, 6.45) is 27.5. The maximum atomic E-state index is 1.56. The minimum atomic E-state index is 1.11. The number of hydrogen-bond acceptors (Lipinski definition) is 0. The van der Waals surface area contributed by atoms with E-state index in [1.54, 1.807) is 25.7 Å². The lowest BCUT2D eigenvalue weighted by Gasteiger charge is -2.24. The van der Waals surface area contributed by atoms with E-state index >= 15 is 0 Å². The molecule has 1 heteroatoms. The van der Waals surface area contributed by atoms with Gasteiger partial charge in [0.15, 0.2) is 0 Å². The first kappa shape index (κ1) is 17.8. The summed E-state index contributed by atoms with van der Waals surface area (Å²) in [7, 11) is 1.30. The average molecular weight is 311 g/mol. The number of rotatable bonds is 2. The van der Waals surface area contributed by atoms with Gasteiger partial charge in [-0.25, -0.2) is 0 Å². The molecule has 21 heavy (non-hydrogen) atoms. The van der Waals surface area contributed by atoms with Crippen LogP contribution in [0.25, 0.3) is 0 Å². The Balaban J connectivity index is 1.75. The summed E-state index contributed by atoms with van der Waals surface area (Å²) in [4.78, 5) is 0. The SMILES string of the molecule is C1CCCCCC(PC2CCCCCCCC2)CCCC1. The van der Waals surface area contributed by atoms with Crippen molar-refractivity contribution in [3.8, 4) is 0 Å². The van der Waals surface area contributed by atoms with E-state index in [0.717, 1.165) is 11.3 Å². The van der Waals surface area contributed by atoms with Crippen molar-refractivity contribution in [2.45, 2.75) is 127 Å². The van der Waals surface area contributed by atoms with Gasteiger partial charge in [-0.3, -0.25) is 0 Å². The second-order valence-electron chi connectivity index (χ2n) is 7.66. The summed E-state index contributed by atoms with van der Waals surface area (Å²) >= 11 is 0. The first-order chi connectivity index (χ1) is 10.4. The zero-order valence-corrected chi connectivity index (χ0v) is 15.4. The second-order valence-corrected chi connectivity index (χ2v) is 9.63. The third kappa shape index (κ3) is 8.59. The summed E-state index contributed by atoms with van der Waals surface area (Å²) in [5.41, 5.74) is 2.21. The molecule has 0 aromatic rings. The molecular formula is C20H39P. The Morgan fingerprint density at radius 3 is 0.857 bits per heavy atom. The maximum Gasteiger partial charge on any atom is -0.0234 e. The van der Waals surface area contributed by atoms with Gasteiger partial charge in [0, 0.05) is 0 Å². The highest BCUT2D eigenvalue weighted by Gasteiger charge is 2.17. The molecule has 1 atom stereocenters. The molecule has 0 nitrogen and oxygen atoms in total. The van der Waals surface area contributed by atoms with Crippen molar-refractivity contribution in [1.29, 1.82) is 0 Å². The van der Waals surface area contributed by atoms with Crippen LogP contribution < -0.4 is 0 Å². The van der Waals surface area contributed by atoms with Crippen molar-refractivity contribution in [2.24, 2.45) is 0 Å². The van der Waals surface area contributed by atoms with Gasteiger partial charge in [0.2, 0.25) is 0 Å². The summed E-state index contributed by atoms with van der Waals surface area (Å²) in [6, 6.07) is 0. The highest BCUT2D eigenvalue weighted by Crippen LogP contribution is 2.39. The molecule has 2 aliphatic rings. The smallest absolute Gasteiger partial charge is 0.0234 e. The lowest BCUT2D eigenvalue weighted by molar-refractivity contribution is 0.580. The van der Waals surface area contributed by atoms with Crippen LogP contribution in [0.3, 0.4) is 0 Å². The van der Waals surface area contributed by atoms with Gasteiger partial charge in [-0.15, -0.1) is 8.58 Å². The molecule has 0 aliphatic heterocycles. The minimum Gasteiger partial charge on any atom is -0.116 e. The van der Waals surface area contributed by atoms with E-state index in [2.05, 4.69) is 0 Å². The fourth-order valence-corrected chi connectivity index (χ4v) is 6.44. The van der Waals surface area contributed by atoms with Crippen LogP contribution in [0.5, 0.6) is 0 Å². The fourth-order valence-electron chi connectivity index (χ4n) is 4.29. The van der Waals surface area contributed by atoms with Crippen LogP contribution in [0.4, 0.5) is 0 Å². The third-order valence-electron chi connectivity index (χ3n) is 5.68. The van der Waals surface area contributed by atoms with Crippen LogP contribution in [-0.2, 0) is 0 Å². The summed E-state index contributed by atoms with van der Waals surface area (Å²) in [6.45, 7) is 0. The minimum absolute atomic E-state index is 1.11. The van der Waals surface area contributed by atoms with Gasteiger partial charge in [0.25, 0.3) is 0 Å². The molecule has 2 rings (SSSR count). The van der Waals surface area contributed by atoms with E-state index in [1.165, 1.54) is 98.5 Å². The normalized spacial score (nSPS) is 26.9. The van der Waals surface area contributed by atoms with Crippen molar-refractivity contribution >= 4 is 8.58 Å². The van der Waals surface area contributed by atoms with E-state index < -0.39 is 0 Å². The molecule has 0 N–H and O–H groups in total. The maximum absolute atomic E-state index is 1.56. The lowest BCUT2D eigenvalue weighted by Crippen LogP contribution is -2.09. The highest BCUT2D eigenvalue weighted by molar-refractivity contribution is 7.39. The zero-order chi connectivity index (χ0) is 14.6. The molecule has 0 saturated heterocycles. The summed E-state index contributed by atoms with van der Waals surface area (Å²) < 4.78 is 0. The molecule has 1 unspecified atom stereocenters. The van der Waals surface area contributed by atoms with Gasteiger partial charge in [0.05, 0.1) is 0 Å². The van der Waals surface area contributed by atoms with Gasteiger partial charge < -0.3 is 0 Å². The Labute approximate surface area is 136 Å². The molecule has 0 amide bonds. The van der Waals surface area contributed by atoms with Crippen LogP contribution in [0.15, 0.2) is 0 Å². The molecular weight excluding hydrogens is 271 g/mol. The fraction of sp³-hybridized carbons (Fsp3) is 1.00. The van der Waals surface area contributed by atoms with Crippen LogP contribution in [0, 0.1) is 0 Å². The standard InChI is InChI=1S/C20H39P/c1-2-4-8-12-16-19(15-11-7-3-1)21-20-17-13-9-5-6-10-14-18-20/h19-21H,1-18H2. The van der Waals surface area contributed by atoms with E-state index in [-0.39, 0.29) is 0 Å². The molecule has 2 aliphatic carbocycles. The lowest BCUT2D eigenvalue weighted by atomic mass is 10.1. The Morgan fingerprint density at radius 1 is 0.333 bits per heavy atom. The molecule has 124 valence electrons. The third-order valence-corrected chi connectivity index (χ3v) is 7.78. The predicted molar refractivity (Wildman–Crippen MR) is 99.0 cm³/mol. The Hall–Kier alpha value is 0.430. The average Bonchev–Trinajstić information content (AvgIpc) is 2.57. The molecule has 0 spiro atoms. The first-order valence-electron chi connectivity index (χ1n) is 10.2. The van der Waals surface area contributed by atoms with Crippen molar-refractivity contribution in [3.63, 3.8) is 0 Å². The first-order valence-corrected chi connectivity index (χ1v) is 11.4. The molecule has 0 aromatic heterocycles. The molecule has 2 fully saturated rings. The van der Waals surface area contributed by atoms with Crippen LogP contribution in [-0.4, -0.2) is 11.3 Å². The van der Waals surface area contributed by atoms with Crippen molar-refractivity contribution < 1.29 is 0 Å². The Bertz CT molecular complexity index is 216. The van der Waals surface area contributed by atoms with Gasteiger partial charge in [-0.05, 0) is 37.0 Å². The van der Waals surface area contributed by atoms with E-state index in [0.29, 0.717) is 0 Å². The van der Waals surface area contributed by atoms with Crippen molar-refractivity contribution in [3.05, 3.63) is 0 Å². The second kappa shape index (κ2) is 11.9. The van der Waals surface area contributed by atoms with Gasteiger partial charge >= 0.3 is 0 Å². The summed E-state index contributed by atoms with van der Waals surface area (Å²) in [5, 5.41) is 0. The van der Waals surface area contributed by atoms with Gasteiger partial charge in [0.1, 0.15) is 0 Å². The number of hydrogen-bond donors (Lipinski definition) is 0. The quantitative estimate of drug-likeness (QED) is 0.464. The zero-order valence-electron chi connectivity index (χ0n) is 14.4. The molecule has 0 radical (unpaired) electrons. The van der Waals surface area contributed by atoms with Crippen LogP contribution in [0.2, 0.25) is 0 Å². The van der Waals surface area contributed by atoms with Crippen molar-refractivity contribution in [1.82, 2.24) is 0 Å². The molecule has 0 aromatic carbocycles. The topological polar surface area (TPSA) is 0 Å². The summed E-state index contributed by atoms with van der Waals surface area (Å²) in [5.74, 6) is 0. The van der Waals surface area contributed by atoms with E-state index in [1.807, 2.05) is 0 Å². The predicted octanol–water partition coefficient (Wildman–Crippen LogP) is 7.45. The molecule has 0 heterocycles. The van der Waals surface area contributed by atoms with E-state index in [4.69, 9.17) is 0 Å². The van der Waals surface area contributed by atoms with Gasteiger partial charge in [-0.2, -0.15) is 0 Å². The monoisotopic (exact) mass is 310 g/mol. The largest absolute Gasteiger partial charge is 0.116 e. The van der Waals surface area contributed by atoms with E-state index in [9.17, 15) is 0 Å². The highest BCUT2D eigenvalue weighted by atomic mass is 31.1. The van der Waals surface area contributed by atoms with Gasteiger partial charge in [-0.1, -0.05) is 89.9 Å². The Morgan fingerprint density at radius 2 is 0.571 bits per heavy atom. The molecule has 0 bridgehead atoms. The van der Waals surface area contributed by atoms with Crippen LogP contribution >= 0.6 is 8.58 Å².